The van der Waals surface area contributed by atoms with Crippen LogP contribution in [0, 0.1) is 17.6 Å². The zero-order valence-corrected chi connectivity index (χ0v) is 21.8. The predicted molar refractivity (Wildman–Crippen MR) is 144 cm³/mol. The van der Waals surface area contributed by atoms with Gasteiger partial charge in [0, 0.05) is 38.3 Å². The van der Waals surface area contributed by atoms with Crippen molar-refractivity contribution in [3.05, 3.63) is 71.7 Å². The van der Waals surface area contributed by atoms with E-state index in [9.17, 15) is 5.11 Å². The molecule has 4 heterocycles. The number of benzene rings is 1. The van der Waals surface area contributed by atoms with Gasteiger partial charge in [0.15, 0.2) is 0 Å². The summed E-state index contributed by atoms with van der Waals surface area (Å²) >= 11 is 0. The molecule has 6 rings (SSSR count). The average Bonchev–Trinajstić information content (AvgIpc) is 3.30. The first-order chi connectivity index (χ1) is 18.8. The Kier molecular flexibility index (Phi) is 6.78. The van der Waals surface area contributed by atoms with E-state index in [0.717, 1.165) is 30.5 Å². The summed E-state index contributed by atoms with van der Waals surface area (Å²) in [5.74, 6) is -0.355. The Hall–Kier alpha value is -3.47. The number of nitrogens with zero attached hydrogens (tertiary/aromatic N) is 4. The zero-order chi connectivity index (χ0) is 27.1. The largest absolute Gasteiger partial charge is 0.385 e. The second-order valence-corrected chi connectivity index (χ2v) is 11.0. The van der Waals surface area contributed by atoms with E-state index in [1.165, 1.54) is 16.6 Å². The third-order valence-electron chi connectivity index (χ3n) is 8.06. The van der Waals surface area contributed by atoms with E-state index < -0.39 is 17.2 Å². The summed E-state index contributed by atoms with van der Waals surface area (Å²) in [6.07, 6.45) is 8.68. The molecule has 39 heavy (non-hydrogen) atoms. The lowest BCUT2D eigenvalue weighted by Gasteiger charge is -2.32. The summed E-state index contributed by atoms with van der Waals surface area (Å²) in [6, 6.07) is 7.82. The number of halogens is 2. The monoisotopic (exact) mass is 534 g/mol. The number of aliphatic hydroxyl groups is 1. The van der Waals surface area contributed by atoms with Gasteiger partial charge in [0.25, 0.3) is 0 Å². The molecule has 1 aromatic carbocycles. The Labute approximate surface area is 225 Å². The van der Waals surface area contributed by atoms with Crippen molar-refractivity contribution in [3.63, 3.8) is 0 Å². The highest BCUT2D eigenvalue weighted by molar-refractivity contribution is 5.66. The molecule has 4 N–H and O–H groups in total. The Morgan fingerprint density at radius 3 is 2.59 bits per heavy atom. The molecule has 2 fully saturated rings. The first kappa shape index (κ1) is 25.8. The van der Waals surface area contributed by atoms with E-state index in [1.54, 1.807) is 30.7 Å². The van der Waals surface area contributed by atoms with Gasteiger partial charge in [0.2, 0.25) is 5.95 Å². The van der Waals surface area contributed by atoms with Crippen molar-refractivity contribution >= 4 is 17.2 Å². The third kappa shape index (κ3) is 4.99. The minimum absolute atomic E-state index is 0.113. The number of hydrogen-bond acceptors (Lipinski definition) is 7. The lowest BCUT2D eigenvalue weighted by Crippen LogP contribution is -2.33. The van der Waals surface area contributed by atoms with Crippen LogP contribution in [0.15, 0.2) is 48.9 Å². The Morgan fingerprint density at radius 1 is 1.08 bits per heavy atom. The van der Waals surface area contributed by atoms with Gasteiger partial charge in [-0.05, 0) is 72.6 Å². The SMILES string of the molecule is C[C@@H]1C[C@H](N)C[C@H](c2ccncc2Nc2ncc3ccc(-c4c(F)cc(C5(O)CCOCC5)cc4F)nn23)C1. The highest BCUT2D eigenvalue weighted by atomic mass is 19.1. The molecule has 1 aliphatic heterocycles. The van der Waals surface area contributed by atoms with Crippen molar-refractivity contribution in [1.82, 2.24) is 19.6 Å². The van der Waals surface area contributed by atoms with Crippen LogP contribution in [0.2, 0.25) is 0 Å². The molecule has 0 unspecified atom stereocenters. The van der Waals surface area contributed by atoms with Gasteiger partial charge in [0.1, 0.15) is 11.6 Å². The van der Waals surface area contributed by atoms with E-state index in [-0.39, 0.29) is 41.6 Å². The maximum absolute atomic E-state index is 15.3. The zero-order valence-electron chi connectivity index (χ0n) is 21.8. The number of nitrogens with two attached hydrogens (primary N) is 1. The molecule has 0 amide bonds. The fourth-order valence-electron chi connectivity index (χ4n) is 6.08. The van der Waals surface area contributed by atoms with Gasteiger partial charge in [0.05, 0.1) is 40.5 Å². The molecular formula is C29H32F2N6O2. The summed E-state index contributed by atoms with van der Waals surface area (Å²) in [5.41, 5.74) is 7.63. The molecule has 2 aliphatic rings. The van der Waals surface area contributed by atoms with Crippen LogP contribution >= 0.6 is 0 Å². The average molecular weight is 535 g/mol. The number of anilines is 2. The van der Waals surface area contributed by atoms with Crippen molar-refractivity contribution in [1.29, 1.82) is 0 Å². The fraction of sp³-hybridized carbons (Fsp3) is 0.414. The Balaban J connectivity index is 1.33. The van der Waals surface area contributed by atoms with Gasteiger partial charge in [-0.2, -0.15) is 9.61 Å². The normalized spacial score (nSPS) is 23.2. The third-order valence-corrected chi connectivity index (χ3v) is 8.06. The van der Waals surface area contributed by atoms with Crippen LogP contribution in [0.25, 0.3) is 16.8 Å². The number of hydrogen-bond donors (Lipinski definition) is 3. The summed E-state index contributed by atoms with van der Waals surface area (Å²) in [5, 5.41) is 18.8. The number of pyridine rings is 1. The van der Waals surface area contributed by atoms with Gasteiger partial charge in [-0.1, -0.05) is 6.92 Å². The lowest BCUT2D eigenvalue weighted by atomic mass is 9.76. The summed E-state index contributed by atoms with van der Waals surface area (Å²) in [7, 11) is 0. The molecule has 0 bridgehead atoms. The molecule has 3 atom stereocenters. The predicted octanol–water partition coefficient (Wildman–Crippen LogP) is 5.04. The van der Waals surface area contributed by atoms with Crippen LogP contribution < -0.4 is 11.1 Å². The summed E-state index contributed by atoms with van der Waals surface area (Å²) < 4.78 is 37.5. The van der Waals surface area contributed by atoms with Crippen LogP contribution in [0.3, 0.4) is 0 Å². The topological polar surface area (TPSA) is 111 Å². The van der Waals surface area contributed by atoms with Crippen LogP contribution in [0.5, 0.6) is 0 Å². The smallest absolute Gasteiger partial charge is 0.229 e. The number of aromatic nitrogens is 4. The molecule has 1 aliphatic carbocycles. The van der Waals surface area contributed by atoms with Gasteiger partial charge in [-0.3, -0.25) is 4.98 Å². The maximum Gasteiger partial charge on any atom is 0.229 e. The second kappa shape index (κ2) is 10.3. The summed E-state index contributed by atoms with van der Waals surface area (Å²) in [4.78, 5) is 8.78. The first-order valence-electron chi connectivity index (χ1n) is 13.4. The molecule has 4 aromatic rings. The van der Waals surface area contributed by atoms with Crippen molar-refractivity contribution in [2.45, 2.75) is 56.6 Å². The first-order valence-corrected chi connectivity index (χ1v) is 13.4. The highest BCUT2D eigenvalue weighted by Crippen LogP contribution is 2.39. The molecule has 0 spiro atoms. The minimum Gasteiger partial charge on any atom is -0.385 e. The minimum atomic E-state index is -1.32. The standard InChI is InChI=1S/C29H32F2N6O2/c1-17-10-18(12-20(32)11-17)22-4-7-33-16-26(22)35-28-34-15-21-2-3-25(36-37(21)28)27-23(30)13-19(14-24(27)31)29(38)5-8-39-9-6-29/h2-4,7,13-18,20,38H,5-6,8-12,32H2,1H3,(H,34,35)/t17-,18+,20-/m0/s1. The Morgan fingerprint density at radius 2 is 1.85 bits per heavy atom. The lowest BCUT2D eigenvalue weighted by molar-refractivity contribution is -0.0682. The second-order valence-electron chi connectivity index (χ2n) is 11.0. The van der Waals surface area contributed by atoms with Gasteiger partial charge in [-0.25, -0.2) is 13.8 Å². The van der Waals surface area contributed by atoms with E-state index >= 15 is 8.78 Å². The van der Waals surface area contributed by atoms with Gasteiger partial charge in [-0.15, -0.1) is 0 Å². The summed E-state index contributed by atoms with van der Waals surface area (Å²) in [6.45, 7) is 2.89. The number of nitrogens with one attached hydrogen (secondary N) is 1. The molecule has 204 valence electrons. The van der Waals surface area contributed by atoms with Crippen molar-refractivity contribution in [3.8, 4) is 11.3 Å². The van der Waals surface area contributed by atoms with Crippen molar-refractivity contribution in [2.75, 3.05) is 18.5 Å². The quantitative estimate of drug-likeness (QED) is 0.329. The Bertz CT molecular complexity index is 1470. The molecule has 0 radical (unpaired) electrons. The van der Waals surface area contributed by atoms with Crippen LogP contribution in [0.1, 0.15) is 56.1 Å². The fourth-order valence-corrected chi connectivity index (χ4v) is 6.08. The van der Waals surface area contributed by atoms with Crippen LogP contribution in [-0.2, 0) is 10.3 Å². The van der Waals surface area contributed by atoms with E-state index in [2.05, 4.69) is 27.3 Å². The van der Waals surface area contributed by atoms with E-state index in [0.29, 0.717) is 30.6 Å². The van der Waals surface area contributed by atoms with Crippen molar-refractivity contribution < 1.29 is 18.6 Å². The maximum atomic E-state index is 15.3. The molecule has 10 heteroatoms. The molecular weight excluding hydrogens is 502 g/mol. The number of imidazole rings is 1. The van der Waals surface area contributed by atoms with Gasteiger partial charge >= 0.3 is 0 Å². The number of rotatable bonds is 5. The molecule has 1 saturated heterocycles. The molecule has 8 nitrogen and oxygen atoms in total. The van der Waals surface area contributed by atoms with Crippen molar-refractivity contribution in [2.24, 2.45) is 11.7 Å². The molecule has 1 saturated carbocycles. The number of fused-ring (bicyclic) bond motifs is 1. The van der Waals surface area contributed by atoms with Crippen LogP contribution in [-0.4, -0.2) is 43.9 Å². The van der Waals surface area contributed by atoms with E-state index in [4.69, 9.17) is 10.5 Å². The van der Waals surface area contributed by atoms with E-state index in [1.807, 2.05) is 6.07 Å². The number of ether oxygens (including phenoxy) is 1. The van der Waals surface area contributed by atoms with Gasteiger partial charge < -0.3 is 20.9 Å². The molecule has 3 aromatic heterocycles. The highest BCUT2D eigenvalue weighted by Gasteiger charge is 2.34. The van der Waals surface area contributed by atoms with Crippen LogP contribution in [0.4, 0.5) is 20.4 Å².